The van der Waals surface area contributed by atoms with Crippen LogP contribution >= 0.6 is 0 Å². The first-order valence-corrected chi connectivity index (χ1v) is 7.79. The van der Waals surface area contributed by atoms with Crippen LogP contribution < -0.4 is 14.8 Å². The first-order chi connectivity index (χ1) is 10.6. The summed E-state index contributed by atoms with van der Waals surface area (Å²) in [5.41, 5.74) is 1.19. The average Bonchev–Trinajstić information content (AvgIpc) is 3.03. The molecule has 0 amide bonds. The predicted octanol–water partition coefficient (Wildman–Crippen LogP) is 2.95. The Balaban J connectivity index is 1.54. The summed E-state index contributed by atoms with van der Waals surface area (Å²) in [6.07, 6.45) is 4.04. The maximum atomic E-state index is 5.95. The SMILES string of the molecule is CC(C)n1cc([C@@H](C)NC[C@H]2COc3ccccc3O2)cn1. The van der Waals surface area contributed by atoms with Crippen molar-refractivity contribution in [3.05, 3.63) is 42.2 Å². The Kier molecular flexibility index (Phi) is 4.34. The van der Waals surface area contributed by atoms with Gasteiger partial charge < -0.3 is 14.8 Å². The van der Waals surface area contributed by atoms with Gasteiger partial charge in [-0.05, 0) is 32.9 Å². The summed E-state index contributed by atoms with van der Waals surface area (Å²) in [7, 11) is 0. The smallest absolute Gasteiger partial charge is 0.161 e. The lowest BCUT2D eigenvalue weighted by atomic mass is 10.2. The number of benzene rings is 1. The van der Waals surface area contributed by atoms with E-state index in [1.807, 2.05) is 35.1 Å². The van der Waals surface area contributed by atoms with Crippen molar-refractivity contribution in [2.45, 2.75) is 39.0 Å². The predicted molar refractivity (Wildman–Crippen MR) is 85.4 cm³/mol. The van der Waals surface area contributed by atoms with Crippen molar-refractivity contribution in [3.8, 4) is 11.5 Å². The van der Waals surface area contributed by atoms with Crippen LogP contribution in [0.4, 0.5) is 0 Å². The van der Waals surface area contributed by atoms with Gasteiger partial charge in [0.1, 0.15) is 12.7 Å². The zero-order chi connectivity index (χ0) is 15.5. The van der Waals surface area contributed by atoms with Crippen LogP contribution in [0.15, 0.2) is 36.7 Å². The summed E-state index contributed by atoms with van der Waals surface area (Å²) in [6.45, 7) is 7.70. The van der Waals surface area contributed by atoms with Crippen molar-refractivity contribution in [2.75, 3.05) is 13.2 Å². The number of rotatable bonds is 5. The molecule has 118 valence electrons. The van der Waals surface area contributed by atoms with Crippen LogP contribution in [0.2, 0.25) is 0 Å². The van der Waals surface area contributed by atoms with Crippen molar-refractivity contribution in [3.63, 3.8) is 0 Å². The van der Waals surface area contributed by atoms with E-state index in [4.69, 9.17) is 9.47 Å². The second-order valence-electron chi connectivity index (χ2n) is 5.97. The summed E-state index contributed by atoms with van der Waals surface area (Å²) < 4.78 is 13.7. The lowest BCUT2D eigenvalue weighted by molar-refractivity contribution is 0.0886. The fourth-order valence-electron chi connectivity index (χ4n) is 2.45. The molecule has 0 fully saturated rings. The van der Waals surface area contributed by atoms with Gasteiger partial charge in [-0.3, -0.25) is 4.68 Å². The second kappa shape index (κ2) is 6.40. The molecule has 2 aromatic rings. The Bertz CT molecular complexity index is 624. The number of ether oxygens (including phenoxy) is 2. The van der Waals surface area contributed by atoms with Gasteiger partial charge in [-0.2, -0.15) is 5.10 Å². The molecule has 0 radical (unpaired) electrons. The minimum Gasteiger partial charge on any atom is -0.486 e. The van der Waals surface area contributed by atoms with Crippen LogP contribution in [0.5, 0.6) is 11.5 Å². The Morgan fingerprint density at radius 3 is 2.77 bits per heavy atom. The van der Waals surface area contributed by atoms with Crippen molar-refractivity contribution in [1.82, 2.24) is 15.1 Å². The molecule has 0 unspecified atom stereocenters. The van der Waals surface area contributed by atoms with Gasteiger partial charge in [0.25, 0.3) is 0 Å². The third kappa shape index (κ3) is 3.25. The molecule has 1 aliphatic heterocycles. The average molecular weight is 301 g/mol. The maximum absolute atomic E-state index is 5.95. The van der Waals surface area contributed by atoms with Crippen LogP contribution in [0.25, 0.3) is 0 Å². The van der Waals surface area contributed by atoms with E-state index in [9.17, 15) is 0 Å². The summed E-state index contributed by atoms with van der Waals surface area (Å²) in [4.78, 5) is 0. The normalized spacial score (nSPS) is 18.5. The van der Waals surface area contributed by atoms with E-state index in [-0.39, 0.29) is 12.1 Å². The first-order valence-electron chi connectivity index (χ1n) is 7.79. The topological polar surface area (TPSA) is 48.3 Å². The molecule has 5 nitrogen and oxygen atoms in total. The zero-order valence-corrected chi connectivity index (χ0v) is 13.3. The second-order valence-corrected chi connectivity index (χ2v) is 5.97. The Hall–Kier alpha value is -2.01. The minimum absolute atomic E-state index is 0.0255. The lowest BCUT2D eigenvalue weighted by Gasteiger charge is -2.27. The summed E-state index contributed by atoms with van der Waals surface area (Å²) >= 11 is 0. The zero-order valence-electron chi connectivity index (χ0n) is 13.3. The highest BCUT2D eigenvalue weighted by Gasteiger charge is 2.21. The third-order valence-corrected chi connectivity index (χ3v) is 3.87. The standard InChI is InChI=1S/C17H23N3O2/c1-12(2)20-10-14(8-19-20)13(3)18-9-15-11-21-16-6-4-5-7-17(16)22-15/h4-8,10,12-13,15,18H,9,11H2,1-3H3/t13-,15+/m1/s1. The molecule has 1 N–H and O–H groups in total. The minimum atomic E-state index is 0.0255. The third-order valence-electron chi connectivity index (χ3n) is 3.87. The molecular formula is C17H23N3O2. The van der Waals surface area contributed by atoms with Crippen LogP contribution in [-0.4, -0.2) is 29.0 Å². The van der Waals surface area contributed by atoms with Gasteiger partial charge in [0.15, 0.2) is 11.5 Å². The molecular weight excluding hydrogens is 278 g/mol. The van der Waals surface area contributed by atoms with Gasteiger partial charge in [-0.1, -0.05) is 12.1 Å². The highest BCUT2D eigenvalue weighted by atomic mass is 16.6. The maximum Gasteiger partial charge on any atom is 0.161 e. The summed E-state index contributed by atoms with van der Waals surface area (Å²) in [5.74, 6) is 1.64. The van der Waals surface area contributed by atoms with E-state index >= 15 is 0 Å². The molecule has 1 aromatic heterocycles. The highest BCUT2D eigenvalue weighted by molar-refractivity contribution is 5.40. The van der Waals surface area contributed by atoms with Crippen molar-refractivity contribution < 1.29 is 9.47 Å². The van der Waals surface area contributed by atoms with Crippen molar-refractivity contribution in [2.24, 2.45) is 0 Å². The van der Waals surface area contributed by atoms with E-state index in [0.29, 0.717) is 12.6 Å². The van der Waals surface area contributed by atoms with Gasteiger partial charge in [-0.25, -0.2) is 0 Å². The Labute approximate surface area is 131 Å². The van der Waals surface area contributed by atoms with Gasteiger partial charge >= 0.3 is 0 Å². The van der Waals surface area contributed by atoms with Crippen molar-refractivity contribution in [1.29, 1.82) is 0 Å². The number of fused-ring (bicyclic) bond motifs is 1. The molecule has 5 heteroatoms. The summed E-state index contributed by atoms with van der Waals surface area (Å²) in [5, 5.41) is 7.88. The number of hydrogen-bond donors (Lipinski definition) is 1. The van der Waals surface area contributed by atoms with E-state index in [1.54, 1.807) is 0 Å². The molecule has 2 atom stereocenters. The fourth-order valence-corrected chi connectivity index (χ4v) is 2.45. The molecule has 0 saturated heterocycles. The molecule has 1 aliphatic rings. The van der Waals surface area contributed by atoms with Gasteiger partial charge in [0.05, 0.1) is 6.20 Å². The Morgan fingerprint density at radius 1 is 1.27 bits per heavy atom. The molecule has 3 rings (SSSR count). The van der Waals surface area contributed by atoms with Crippen LogP contribution in [0.1, 0.15) is 38.4 Å². The van der Waals surface area contributed by atoms with E-state index in [1.165, 1.54) is 5.56 Å². The number of aromatic nitrogens is 2. The van der Waals surface area contributed by atoms with Crippen LogP contribution in [0.3, 0.4) is 0 Å². The monoisotopic (exact) mass is 301 g/mol. The molecule has 0 aliphatic carbocycles. The molecule has 0 bridgehead atoms. The van der Waals surface area contributed by atoms with E-state index < -0.39 is 0 Å². The lowest BCUT2D eigenvalue weighted by Crippen LogP contribution is -2.39. The first kappa shape index (κ1) is 14.9. The van der Waals surface area contributed by atoms with Crippen molar-refractivity contribution >= 4 is 0 Å². The number of hydrogen-bond acceptors (Lipinski definition) is 4. The van der Waals surface area contributed by atoms with E-state index in [0.717, 1.165) is 18.0 Å². The quantitative estimate of drug-likeness (QED) is 0.922. The summed E-state index contributed by atoms with van der Waals surface area (Å²) in [6, 6.07) is 8.40. The number of nitrogens with one attached hydrogen (secondary N) is 1. The number of nitrogens with zero attached hydrogens (tertiary/aromatic N) is 2. The molecule has 0 spiro atoms. The highest BCUT2D eigenvalue weighted by Crippen LogP contribution is 2.30. The molecule has 0 saturated carbocycles. The molecule has 22 heavy (non-hydrogen) atoms. The fraction of sp³-hybridized carbons (Fsp3) is 0.471. The van der Waals surface area contributed by atoms with Crippen LogP contribution in [0, 0.1) is 0 Å². The van der Waals surface area contributed by atoms with E-state index in [2.05, 4.69) is 37.4 Å². The molecule has 2 heterocycles. The number of para-hydroxylation sites is 2. The van der Waals surface area contributed by atoms with Gasteiger partial charge in [0.2, 0.25) is 0 Å². The Morgan fingerprint density at radius 2 is 2.05 bits per heavy atom. The van der Waals surface area contributed by atoms with Gasteiger partial charge in [-0.15, -0.1) is 0 Å². The molecule has 1 aromatic carbocycles. The van der Waals surface area contributed by atoms with Crippen LogP contribution in [-0.2, 0) is 0 Å². The largest absolute Gasteiger partial charge is 0.486 e. The van der Waals surface area contributed by atoms with Gasteiger partial charge in [0, 0.05) is 30.4 Å².